The number of phenols is 1. The molecule has 0 bridgehead atoms. The third-order valence-corrected chi connectivity index (χ3v) is 8.56. The van der Waals surface area contributed by atoms with Gasteiger partial charge in [0.25, 0.3) is 15.9 Å². The largest absolute Gasteiger partial charge is 0.507 e. The Bertz CT molecular complexity index is 1470. The average Bonchev–Trinajstić information content (AvgIpc) is 3.42. The molecule has 4 rings (SSSR count). The molecule has 0 fully saturated rings. The Morgan fingerprint density at radius 3 is 2.44 bits per heavy atom. The van der Waals surface area contributed by atoms with E-state index in [1.165, 1.54) is 30.0 Å². The maximum absolute atomic E-state index is 12.5. The van der Waals surface area contributed by atoms with Crippen LogP contribution in [0.2, 0.25) is 0 Å². The van der Waals surface area contributed by atoms with Gasteiger partial charge >= 0.3 is 5.97 Å². The molecule has 0 saturated carbocycles. The van der Waals surface area contributed by atoms with Crippen molar-refractivity contribution in [2.45, 2.75) is 14.0 Å². The smallest absolute Gasteiger partial charge is 0.342 e. The van der Waals surface area contributed by atoms with E-state index in [-0.39, 0.29) is 15.5 Å². The molecule has 4 aromatic rings. The second-order valence-corrected chi connectivity index (χ2v) is 11.3. The van der Waals surface area contributed by atoms with Crippen LogP contribution in [0, 0.1) is 0 Å². The minimum absolute atomic E-state index is 0.0597. The summed E-state index contributed by atoms with van der Waals surface area (Å²) in [4.78, 5) is 26.8. The van der Waals surface area contributed by atoms with Crippen molar-refractivity contribution in [2.24, 2.45) is 0 Å². The predicted octanol–water partition coefficient (Wildman–Crippen LogP) is 5.20. The number of hydrogen-bond acceptors (Lipinski definition) is 8. The van der Waals surface area contributed by atoms with Gasteiger partial charge in [-0.2, -0.15) is 0 Å². The first-order valence-electron chi connectivity index (χ1n) is 10.5. The van der Waals surface area contributed by atoms with Crippen LogP contribution in [0.5, 0.6) is 5.75 Å². The Labute approximate surface area is 216 Å². The summed E-state index contributed by atoms with van der Waals surface area (Å²) in [5.74, 6) is -1.96. The Balaban J connectivity index is 1.39. The van der Waals surface area contributed by atoms with Gasteiger partial charge in [0.1, 0.15) is 15.5 Å². The Kier molecular flexibility index (Phi) is 7.93. The van der Waals surface area contributed by atoms with Crippen molar-refractivity contribution in [3.8, 4) is 5.75 Å². The van der Waals surface area contributed by atoms with Gasteiger partial charge in [-0.1, -0.05) is 48.2 Å². The molecular weight excluding hydrogens is 520 g/mol. The summed E-state index contributed by atoms with van der Waals surface area (Å²) < 4.78 is 32.4. The number of thiophene rings is 1. The van der Waals surface area contributed by atoms with Crippen molar-refractivity contribution < 1.29 is 27.9 Å². The van der Waals surface area contributed by atoms with Gasteiger partial charge in [-0.15, -0.1) is 11.3 Å². The van der Waals surface area contributed by atoms with Crippen LogP contribution < -0.4 is 10.0 Å². The fourth-order valence-electron chi connectivity index (χ4n) is 3.05. The van der Waals surface area contributed by atoms with Gasteiger partial charge in [-0.3, -0.25) is 9.52 Å². The lowest BCUT2D eigenvalue weighted by atomic mass is 10.2. The third-order valence-electron chi connectivity index (χ3n) is 4.70. The number of carbonyl (C=O) groups excluding carboxylic acids is 2. The van der Waals surface area contributed by atoms with E-state index in [9.17, 15) is 23.1 Å². The highest BCUT2D eigenvalue weighted by Gasteiger charge is 2.19. The number of phenolic OH excluding ortho intramolecular Hbond substituents is 1. The van der Waals surface area contributed by atoms with Crippen LogP contribution in [-0.4, -0.2) is 32.0 Å². The van der Waals surface area contributed by atoms with E-state index in [4.69, 9.17) is 4.74 Å². The first-order valence-corrected chi connectivity index (χ1v) is 13.7. The second kappa shape index (κ2) is 11.3. The normalized spacial score (nSPS) is 11.0. The standard InChI is InChI=1S/C25H20N2O6S3/c28-21-13-12-17(27-36(31,32)24-11-6-14-34-24)15-19(21)25(30)33-16-23(29)26-20-9-4-5-10-22(20)35-18-7-2-1-3-8-18/h1-15,27-28H,16H2,(H,26,29). The number of anilines is 2. The number of sulfonamides is 1. The van der Waals surface area contributed by atoms with Crippen molar-refractivity contribution in [1.82, 2.24) is 0 Å². The molecule has 0 unspecified atom stereocenters. The number of rotatable bonds is 9. The first-order chi connectivity index (χ1) is 17.3. The second-order valence-electron chi connectivity index (χ2n) is 7.31. The maximum Gasteiger partial charge on any atom is 0.342 e. The molecule has 36 heavy (non-hydrogen) atoms. The fourth-order valence-corrected chi connectivity index (χ4v) is 6.02. The zero-order chi connectivity index (χ0) is 25.5. The molecule has 184 valence electrons. The van der Waals surface area contributed by atoms with Gasteiger partial charge < -0.3 is 15.2 Å². The number of amides is 1. The van der Waals surface area contributed by atoms with Gasteiger partial charge in [0, 0.05) is 15.5 Å². The number of hydrogen-bond donors (Lipinski definition) is 3. The highest BCUT2D eigenvalue weighted by molar-refractivity contribution is 7.99. The lowest BCUT2D eigenvalue weighted by molar-refractivity contribution is -0.119. The Hall–Kier alpha value is -3.80. The topological polar surface area (TPSA) is 122 Å². The summed E-state index contributed by atoms with van der Waals surface area (Å²) in [6.07, 6.45) is 0. The van der Waals surface area contributed by atoms with Crippen LogP contribution in [0.25, 0.3) is 0 Å². The minimum Gasteiger partial charge on any atom is -0.507 e. The highest BCUT2D eigenvalue weighted by atomic mass is 32.2. The number of esters is 1. The van der Waals surface area contributed by atoms with E-state index in [0.717, 1.165) is 27.2 Å². The van der Waals surface area contributed by atoms with E-state index in [0.29, 0.717) is 5.69 Å². The zero-order valence-corrected chi connectivity index (χ0v) is 21.0. The SMILES string of the molecule is O=C(COC(=O)c1cc(NS(=O)(=O)c2cccs2)ccc1O)Nc1ccccc1Sc1ccccc1. The van der Waals surface area contributed by atoms with Crippen molar-refractivity contribution >= 4 is 56.4 Å². The first kappa shape index (κ1) is 25.3. The van der Waals surface area contributed by atoms with Crippen LogP contribution in [0.15, 0.2) is 104 Å². The molecule has 3 aromatic carbocycles. The zero-order valence-electron chi connectivity index (χ0n) is 18.6. The summed E-state index contributed by atoms with van der Waals surface area (Å²) in [6, 6.07) is 23.5. The number of aromatic hydroxyl groups is 1. The molecule has 0 radical (unpaired) electrons. The lowest BCUT2D eigenvalue weighted by Crippen LogP contribution is -2.21. The molecule has 3 N–H and O–H groups in total. The number of carbonyl (C=O) groups is 2. The van der Waals surface area contributed by atoms with Gasteiger partial charge in [-0.25, -0.2) is 13.2 Å². The Morgan fingerprint density at radius 2 is 1.69 bits per heavy atom. The van der Waals surface area contributed by atoms with E-state index >= 15 is 0 Å². The molecule has 1 amide bonds. The molecule has 0 atom stereocenters. The molecule has 1 aromatic heterocycles. The molecule has 8 nitrogen and oxygen atoms in total. The van der Waals surface area contributed by atoms with Crippen LogP contribution in [0.1, 0.15) is 10.4 Å². The molecule has 0 saturated heterocycles. The summed E-state index contributed by atoms with van der Waals surface area (Å²) in [6.45, 7) is -0.603. The molecule has 0 aliphatic rings. The number of para-hydroxylation sites is 1. The quantitative estimate of drug-likeness (QED) is 0.197. The van der Waals surface area contributed by atoms with Crippen molar-refractivity contribution in [3.63, 3.8) is 0 Å². The monoisotopic (exact) mass is 540 g/mol. The van der Waals surface area contributed by atoms with Gasteiger partial charge in [0.15, 0.2) is 6.61 Å². The van der Waals surface area contributed by atoms with Gasteiger partial charge in [0.05, 0.1) is 5.69 Å². The summed E-state index contributed by atoms with van der Waals surface area (Å²) in [5, 5.41) is 14.4. The molecule has 0 spiro atoms. The van der Waals surface area contributed by atoms with E-state index < -0.39 is 34.3 Å². The van der Waals surface area contributed by atoms with Gasteiger partial charge in [-0.05, 0) is 53.9 Å². The fraction of sp³-hybridized carbons (Fsp3) is 0.0400. The molecule has 0 aliphatic carbocycles. The maximum atomic E-state index is 12.5. The molecule has 1 heterocycles. The third kappa shape index (κ3) is 6.45. The van der Waals surface area contributed by atoms with Crippen molar-refractivity contribution in [1.29, 1.82) is 0 Å². The molecule has 11 heteroatoms. The van der Waals surface area contributed by atoms with E-state index in [2.05, 4.69) is 10.0 Å². The summed E-state index contributed by atoms with van der Waals surface area (Å²) in [7, 11) is -3.84. The van der Waals surface area contributed by atoms with Crippen LogP contribution in [0.3, 0.4) is 0 Å². The number of benzene rings is 3. The predicted molar refractivity (Wildman–Crippen MR) is 139 cm³/mol. The minimum atomic E-state index is -3.84. The number of ether oxygens (including phenoxy) is 1. The van der Waals surface area contributed by atoms with Crippen molar-refractivity contribution in [3.05, 3.63) is 95.9 Å². The average molecular weight is 541 g/mol. The van der Waals surface area contributed by atoms with Crippen LogP contribution >= 0.6 is 23.1 Å². The highest BCUT2D eigenvalue weighted by Crippen LogP contribution is 2.33. The van der Waals surface area contributed by atoms with E-state index in [1.807, 2.05) is 42.5 Å². The summed E-state index contributed by atoms with van der Waals surface area (Å²) in [5.41, 5.74) is 0.332. The van der Waals surface area contributed by atoms with E-state index in [1.54, 1.807) is 23.6 Å². The number of nitrogens with one attached hydrogen (secondary N) is 2. The summed E-state index contributed by atoms with van der Waals surface area (Å²) >= 11 is 2.51. The van der Waals surface area contributed by atoms with Gasteiger partial charge in [0.2, 0.25) is 0 Å². The molecular formula is C25H20N2O6S3. The van der Waals surface area contributed by atoms with Crippen molar-refractivity contribution in [2.75, 3.05) is 16.6 Å². The van der Waals surface area contributed by atoms with Crippen LogP contribution in [-0.2, 0) is 19.6 Å². The van der Waals surface area contributed by atoms with Crippen LogP contribution in [0.4, 0.5) is 11.4 Å². The lowest BCUT2D eigenvalue weighted by Gasteiger charge is -2.12. The Morgan fingerprint density at radius 1 is 0.944 bits per heavy atom. The molecule has 0 aliphatic heterocycles.